The number of ketones is 1. The summed E-state index contributed by atoms with van der Waals surface area (Å²) in [5.41, 5.74) is 3.30. The largest absolute Gasteiger partial charge is 0.496 e. The Labute approximate surface area is 180 Å². The topological polar surface area (TPSA) is 35.5 Å². The fraction of sp³-hybridized carbons (Fsp3) is 0.125. The van der Waals surface area contributed by atoms with Crippen molar-refractivity contribution >= 4 is 35.1 Å². The summed E-state index contributed by atoms with van der Waals surface area (Å²) in [5.74, 6) is 1.40. The van der Waals surface area contributed by atoms with Crippen LogP contribution in [0.1, 0.15) is 27.0 Å². The molecule has 148 valence electrons. The molecule has 5 heteroatoms. The van der Waals surface area contributed by atoms with Crippen LogP contribution in [0.15, 0.2) is 66.7 Å². The minimum absolute atomic E-state index is 0.155. The molecule has 3 rings (SSSR count). The number of ether oxygens (including phenoxy) is 2. The van der Waals surface area contributed by atoms with Crippen molar-refractivity contribution in [1.82, 2.24) is 0 Å². The van der Waals surface area contributed by atoms with E-state index >= 15 is 0 Å². The number of aryl methyl sites for hydroxylation is 1. The van der Waals surface area contributed by atoms with Crippen LogP contribution >= 0.6 is 23.2 Å². The van der Waals surface area contributed by atoms with Crippen molar-refractivity contribution in [3.05, 3.63) is 99.0 Å². The fourth-order valence-corrected chi connectivity index (χ4v) is 3.10. The predicted octanol–water partition coefficient (Wildman–Crippen LogP) is 6.79. The van der Waals surface area contributed by atoms with Crippen LogP contribution in [0.5, 0.6) is 11.5 Å². The number of hydrogen-bond acceptors (Lipinski definition) is 3. The summed E-state index contributed by atoms with van der Waals surface area (Å²) in [6.45, 7) is 2.36. The molecule has 0 N–H and O–H groups in total. The first-order valence-corrected chi connectivity index (χ1v) is 9.76. The minimum Gasteiger partial charge on any atom is -0.496 e. The molecule has 0 aromatic heterocycles. The fourth-order valence-electron chi connectivity index (χ4n) is 2.81. The maximum Gasteiger partial charge on any atom is 0.185 e. The lowest BCUT2D eigenvalue weighted by Gasteiger charge is -2.12. The molecule has 0 heterocycles. The van der Waals surface area contributed by atoms with Gasteiger partial charge in [0.2, 0.25) is 0 Å². The predicted molar refractivity (Wildman–Crippen MR) is 118 cm³/mol. The lowest BCUT2D eigenvalue weighted by Crippen LogP contribution is -2.00. The van der Waals surface area contributed by atoms with Crippen LogP contribution in [0.2, 0.25) is 10.0 Å². The van der Waals surface area contributed by atoms with Gasteiger partial charge in [-0.05, 0) is 60.5 Å². The third kappa shape index (κ3) is 5.41. The van der Waals surface area contributed by atoms with Gasteiger partial charge in [0.05, 0.1) is 17.2 Å². The zero-order valence-corrected chi connectivity index (χ0v) is 17.6. The Balaban J connectivity index is 1.77. The Bertz CT molecular complexity index is 1060. The molecule has 0 spiro atoms. The Hall–Kier alpha value is -2.75. The summed E-state index contributed by atoms with van der Waals surface area (Å²) in [4.78, 5) is 12.4. The molecule has 0 saturated heterocycles. The number of benzene rings is 3. The summed E-state index contributed by atoms with van der Waals surface area (Å²) in [6, 6.07) is 18.3. The standard InChI is InChI=1S/C24H20Cl2O3/c1-16-5-3-4-6-23(16)29-15-19-13-17(8-12-24(19)28-2)7-11-22(27)18-9-10-20(25)21(26)14-18/h3-14H,15H2,1-2H3/b11-7+. The second-order valence-corrected chi connectivity index (χ2v) is 7.27. The number of allylic oxidation sites excluding steroid dienone is 1. The molecular formula is C24H20Cl2O3. The highest BCUT2D eigenvalue weighted by molar-refractivity contribution is 6.42. The first-order valence-electron chi connectivity index (χ1n) is 9.00. The number of hydrogen-bond donors (Lipinski definition) is 0. The highest BCUT2D eigenvalue weighted by atomic mass is 35.5. The minimum atomic E-state index is -0.155. The second kappa shape index (κ2) is 9.64. The quantitative estimate of drug-likeness (QED) is 0.308. The van der Waals surface area contributed by atoms with Gasteiger partial charge in [0.1, 0.15) is 18.1 Å². The van der Waals surface area contributed by atoms with Gasteiger partial charge in [-0.25, -0.2) is 0 Å². The van der Waals surface area contributed by atoms with Crippen LogP contribution < -0.4 is 9.47 Å². The molecule has 0 bridgehead atoms. The van der Waals surface area contributed by atoms with Crippen molar-refractivity contribution in [2.24, 2.45) is 0 Å². The molecule has 0 aliphatic heterocycles. The van der Waals surface area contributed by atoms with Crippen LogP contribution in [-0.2, 0) is 6.61 Å². The number of halogens is 2. The van der Waals surface area contributed by atoms with Crippen LogP contribution in [-0.4, -0.2) is 12.9 Å². The van der Waals surface area contributed by atoms with Crippen molar-refractivity contribution < 1.29 is 14.3 Å². The zero-order chi connectivity index (χ0) is 20.8. The molecular weight excluding hydrogens is 407 g/mol. The smallest absolute Gasteiger partial charge is 0.185 e. The molecule has 0 amide bonds. The van der Waals surface area contributed by atoms with E-state index in [9.17, 15) is 4.79 Å². The summed E-state index contributed by atoms with van der Waals surface area (Å²) in [6.07, 6.45) is 3.26. The van der Waals surface area contributed by atoms with E-state index in [4.69, 9.17) is 32.7 Å². The van der Waals surface area contributed by atoms with Gasteiger partial charge >= 0.3 is 0 Å². The van der Waals surface area contributed by atoms with Gasteiger partial charge in [0.15, 0.2) is 5.78 Å². The molecule has 0 aliphatic rings. The van der Waals surface area contributed by atoms with Crippen molar-refractivity contribution in [3.8, 4) is 11.5 Å². The molecule has 3 aromatic rings. The molecule has 0 saturated carbocycles. The second-order valence-electron chi connectivity index (χ2n) is 6.45. The van der Waals surface area contributed by atoms with Gasteiger partial charge in [-0.2, -0.15) is 0 Å². The van der Waals surface area contributed by atoms with E-state index in [1.807, 2.05) is 49.4 Å². The van der Waals surface area contributed by atoms with Crippen molar-refractivity contribution in [2.75, 3.05) is 7.11 Å². The van der Waals surface area contributed by atoms with Crippen molar-refractivity contribution in [2.45, 2.75) is 13.5 Å². The van der Waals surface area contributed by atoms with Crippen LogP contribution in [0, 0.1) is 6.92 Å². The molecule has 3 nitrogen and oxygen atoms in total. The number of rotatable bonds is 7. The number of carbonyl (C=O) groups excluding carboxylic acids is 1. The van der Waals surface area contributed by atoms with E-state index in [1.165, 1.54) is 6.08 Å². The number of para-hydroxylation sites is 1. The third-order valence-electron chi connectivity index (χ3n) is 4.41. The van der Waals surface area contributed by atoms with E-state index in [1.54, 1.807) is 31.4 Å². The number of methoxy groups -OCH3 is 1. The van der Waals surface area contributed by atoms with Gasteiger partial charge in [0, 0.05) is 11.1 Å². The highest BCUT2D eigenvalue weighted by Crippen LogP contribution is 2.25. The summed E-state index contributed by atoms with van der Waals surface area (Å²) >= 11 is 11.9. The molecule has 0 atom stereocenters. The highest BCUT2D eigenvalue weighted by Gasteiger charge is 2.08. The van der Waals surface area contributed by atoms with Gasteiger partial charge in [-0.1, -0.05) is 53.5 Å². The molecule has 0 aliphatic carbocycles. The van der Waals surface area contributed by atoms with Crippen LogP contribution in [0.25, 0.3) is 6.08 Å². The Morgan fingerprint density at radius 3 is 2.48 bits per heavy atom. The zero-order valence-electron chi connectivity index (χ0n) is 16.1. The van der Waals surface area contributed by atoms with E-state index in [0.717, 1.165) is 28.2 Å². The maximum absolute atomic E-state index is 12.4. The van der Waals surface area contributed by atoms with Gasteiger partial charge in [-0.3, -0.25) is 4.79 Å². The van der Waals surface area contributed by atoms with E-state index in [2.05, 4.69) is 0 Å². The lowest BCUT2D eigenvalue weighted by atomic mass is 10.1. The maximum atomic E-state index is 12.4. The summed E-state index contributed by atoms with van der Waals surface area (Å²) in [7, 11) is 1.62. The average Bonchev–Trinajstić information content (AvgIpc) is 2.73. The van der Waals surface area contributed by atoms with E-state index < -0.39 is 0 Å². The van der Waals surface area contributed by atoms with E-state index in [-0.39, 0.29) is 5.78 Å². The molecule has 0 radical (unpaired) electrons. The van der Waals surface area contributed by atoms with Gasteiger partial charge in [-0.15, -0.1) is 0 Å². The van der Waals surface area contributed by atoms with Crippen molar-refractivity contribution in [3.63, 3.8) is 0 Å². The Morgan fingerprint density at radius 1 is 0.966 bits per heavy atom. The summed E-state index contributed by atoms with van der Waals surface area (Å²) < 4.78 is 11.4. The van der Waals surface area contributed by atoms with E-state index in [0.29, 0.717) is 22.2 Å². The lowest BCUT2D eigenvalue weighted by molar-refractivity contribution is 0.104. The first-order chi connectivity index (χ1) is 14.0. The van der Waals surface area contributed by atoms with Crippen LogP contribution in [0.3, 0.4) is 0 Å². The normalized spacial score (nSPS) is 10.9. The molecule has 29 heavy (non-hydrogen) atoms. The Kier molecular flexibility index (Phi) is 6.97. The van der Waals surface area contributed by atoms with Crippen molar-refractivity contribution in [1.29, 1.82) is 0 Å². The molecule has 0 unspecified atom stereocenters. The molecule has 3 aromatic carbocycles. The first kappa shape index (κ1) is 21.0. The third-order valence-corrected chi connectivity index (χ3v) is 5.15. The number of carbonyl (C=O) groups is 1. The monoisotopic (exact) mass is 426 g/mol. The summed E-state index contributed by atoms with van der Waals surface area (Å²) in [5, 5.41) is 0.770. The van der Waals surface area contributed by atoms with Gasteiger partial charge in [0.25, 0.3) is 0 Å². The Morgan fingerprint density at radius 2 is 1.76 bits per heavy atom. The van der Waals surface area contributed by atoms with Gasteiger partial charge < -0.3 is 9.47 Å². The SMILES string of the molecule is COc1ccc(/C=C/C(=O)c2ccc(Cl)c(Cl)c2)cc1COc1ccccc1C. The van der Waals surface area contributed by atoms with Crippen LogP contribution in [0.4, 0.5) is 0 Å². The molecule has 0 fully saturated rings. The average molecular weight is 427 g/mol.